The summed E-state index contributed by atoms with van der Waals surface area (Å²) in [7, 11) is 1.13. The minimum atomic E-state index is -1.26. The standard InChI is InChI=1S/C21H17ClF2N2O4S.C2H6/c1-4-14(23)9-16(24)11(2)25-19(30-3)18(27)26-20-17(21(28)29)15(10-31-20)12-5-7-13(22)8-6-12;1-2/h4-10H,1H2,2-3H3,(H,26,27)(H,28,29);1-2H3/b14-9+,16-11-,25-19?;. The van der Waals surface area contributed by atoms with Crippen LogP contribution < -0.4 is 5.32 Å². The first-order chi connectivity index (χ1) is 15.7. The Kier molecular flexibility index (Phi) is 11.2. The van der Waals surface area contributed by atoms with E-state index in [4.69, 9.17) is 16.3 Å². The number of methoxy groups -OCH3 is 1. The molecule has 2 aromatic rings. The number of amides is 1. The van der Waals surface area contributed by atoms with Crippen molar-refractivity contribution in [2.45, 2.75) is 20.8 Å². The Hall–Kier alpha value is -3.30. The van der Waals surface area contributed by atoms with Crippen molar-refractivity contribution in [1.29, 1.82) is 0 Å². The summed E-state index contributed by atoms with van der Waals surface area (Å²) in [4.78, 5) is 28.1. The maximum Gasteiger partial charge on any atom is 0.339 e. The first-order valence-electron chi connectivity index (χ1n) is 9.58. The summed E-state index contributed by atoms with van der Waals surface area (Å²) in [5, 5.41) is 14.1. The third kappa shape index (κ3) is 7.65. The number of hydrogen-bond acceptors (Lipinski definition) is 5. The number of aromatic carboxylic acids is 1. The second-order valence-electron chi connectivity index (χ2n) is 5.91. The fraction of sp³-hybridized carbons (Fsp3) is 0.174. The number of nitrogens with zero attached hydrogens (tertiary/aromatic N) is 1. The van der Waals surface area contributed by atoms with Crippen LogP contribution in [-0.4, -0.2) is 30.0 Å². The molecule has 0 spiro atoms. The Bertz CT molecular complexity index is 1110. The zero-order valence-corrected chi connectivity index (χ0v) is 20.0. The predicted octanol–water partition coefficient (Wildman–Crippen LogP) is 7.02. The van der Waals surface area contributed by atoms with E-state index in [9.17, 15) is 23.5 Å². The van der Waals surface area contributed by atoms with E-state index in [0.29, 0.717) is 22.2 Å². The molecular weight excluding hydrogens is 474 g/mol. The first-order valence-corrected chi connectivity index (χ1v) is 10.8. The summed E-state index contributed by atoms with van der Waals surface area (Å²) in [6.45, 7) is 8.37. The Balaban J connectivity index is 0.00000265. The summed E-state index contributed by atoms with van der Waals surface area (Å²) in [6.07, 6.45) is 1.36. The fourth-order valence-corrected chi connectivity index (χ4v) is 3.42. The molecule has 0 atom stereocenters. The van der Waals surface area contributed by atoms with Gasteiger partial charge in [-0.1, -0.05) is 44.2 Å². The quantitative estimate of drug-likeness (QED) is 0.255. The van der Waals surface area contributed by atoms with Crippen molar-refractivity contribution in [2.75, 3.05) is 12.4 Å². The average molecular weight is 497 g/mol. The molecule has 2 rings (SSSR count). The number of thiophene rings is 1. The lowest BCUT2D eigenvalue weighted by molar-refractivity contribution is -0.111. The molecule has 0 unspecified atom stereocenters. The zero-order valence-electron chi connectivity index (χ0n) is 18.4. The summed E-state index contributed by atoms with van der Waals surface area (Å²) in [5.41, 5.74) is 0.518. The van der Waals surface area contributed by atoms with Crippen molar-refractivity contribution in [3.05, 3.63) is 76.3 Å². The van der Waals surface area contributed by atoms with E-state index >= 15 is 0 Å². The van der Waals surface area contributed by atoms with E-state index in [0.717, 1.165) is 24.5 Å². The van der Waals surface area contributed by atoms with Crippen LogP contribution in [-0.2, 0) is 9.53 Å². The largest absolute Gasteiger partial charge is 0.478 e. The molecule has 0 fully saturated rings. The van der Waals surface area contributed by atoms with Crippen molar-refractivity contribution >= 4 is 45.7 Å². The zero-order chi connectivity index (χ0) is 25.1. The fourth-order valence-electron chi connectivity index (χ4n) is 2.34. The van der Waals surface area contributed by atoms with Crippen LogP contribution in [0.1, 0.15) is 31.1 Å². The third-order valence-corrected chi connectivity index (χ3v) is 5.00. The van der Waals surface area contributed by atoms with Crippen LogP contribution in [0.15, 0.2) is 70.7 Å². The number of benzene rings is 1. The molecule has 1 amide bonds. The van der Waals surface area contributed by atoms with Crippen molar-refractivity contribution in [3.63, 3.8) is 0 Å². The lowest BCUT2D eigenvalue weighted by Gasteiger charge is -2.08. The molecule has 1 aromatic heterocycles. The van der Waals surface area contributed by atoms with Crippen molar-refractivity contribution in [1.82, 2.24) is 0 Å². The number of rotatable bonds is 6. The third-order valence-electron chi connectivity index (χ3n) is 3.85. The Morgan fingerprint density at radius 1 is 1.24 bits per heavy atom. The van der Waals surface area contributed by atoms with Gasteiger partial charge in [0.2, 0.25) is 0 Å². The lowest BCUT2D eigenvalue weighted by Crippen LogP contribution is -2.25. The molecule has 0 aliphatic rings. The number of anilines is 1. The number of aliphatic imine (C=N–C) groups is 1. The van der Waals surface area contributed by atoms with Crippen LogP contribution in [0.3, 0.4) is 0 Å². The number of carbonyl (C=O) groups excluding carboxylic acids is 1. The van der Waals surface area contributed by atoms with E-state index in [-0.39, 0.29) is 16.3 Å². The molecule has 0 saturated carbocycles. The van der Waals surface area contributed by atoms with E-state index in [1.54, 1.807) is 29.6 Å². The van der Waals surface area contributed by atoms with Gasteiger partial charge in [-0.25, -0.2) is 18.6 Å². The van der Waals surface area contributed by atoms with Crippen LogP contribution in [0.5, 0.6) is 0 Å². The Morgan fingerprint density at radius 2 is 1.85 bits per heavy atom. The smallest absolute Gasteiger partial charge is 0.339 e. The minimum absolute atomic E-state index is 0.0342. The first kappa shape index (κ1) is 27.7. The topological polar surface area (TPSA) is 88.0 Å². The van der Waals surface area contributed by atoms with Gasteiger partial charge < -0.3 is 15.2 Å². The highest BCUT2D eigenvalue weighted by Crippen LogP contribution is 2.36. The number of allylic oxidation sites excluding steroid dienone is 5. The highest BCUT2D eigenvalue weighted by Gasteiger charge is 2.23. The maximum absolute atomic E-state index is 13.9. The summed E-state index contributed by atoms with van der Waals surface area (Å²) >= 11 is 6.85. The van der Waals surface area contributed by atoms with Crippen molar-refractivity contribution in [3.8, 4) is 11.1 Å². The van der Waals surface area contributed by atoms with Gasteiger partial charge in [-0.15, -0.1) is 11.3 Å². The molecule has 0 saturated heterocycles. The normalized spacial score (nSPS) is 12.2. The van der Waals surface area contributed by atoms with Crippen LogP contribution in [0.2, 0.25) is 5.02 Å². The highest BCUT2D eigenvalue weighted by molar-refractivity contribution is 7.15. The van der Waals surface area contributed by atoms with Crippen LogP contribution >= 0.6 is 22.9 Å². The number of ether oxygens (including phenoxy) is 1. The van der Waals surface area contributed by atoms with Gasteiger partial charge in [0.1, 0.15) is 22.2 Å². The average Bonchev–Trinajstić information content (AvgIpc) is 3.22. The molecule has 33 heavy (non-hydrogen) atoms. The van der Waals surface area contributed by atoms with Crippen LogP contribution in [0.25, 0.3) is 11.1 Å². The number of carboxylic acids is 1. The number of carboxylic acid groups (broad SMARTS) is 1. The van der Waals surface area contributed by atoms with Crippen LogP contribution in [0.4, 0.5) is 13.8 Å². The van der Waals surface area contributed by atoms with E-state index in [1.807, 2.05) is 13.8 Å². The molecule has 0 radical (unpaired) electrons. The second-order valence-corrected chi connectivity index (χ2v) is 7.22. The number of hydrogen-bond donors (Lipinski definition) is 2. The van der Waals surface area contributed by atoms with Gasteiger partial charge in [0.25, 0.3) is 5.90 Å². The molecule has 0 aliphatic carbocycles. The Labute approximate surface area is 199 Å². The van der Waals surface area contributed by atoms with Gasteiger partial charge >= 0.3 is 11.9 Å². The predicted molar refractivity (Wildman–Crippen MR) is 129 cm³/mol. The van der Waals surface area contributed by atoms with Gasteiger partial charge in [0.05, 0.1) is 12.8 Å². The van der Waals surface area contributed by atoms with Gasteiger partial charge in [0, 0.05) is 22.0 Å². The molecule has 0 aliphatic heterocycles. The summed E-state index contributed by atoms with van der Waals surface area (Å²) < 4.78 is 32.0. The SMILES string of the molecule is C=C/C(F)=C\C(F)=C(/C)N=C(OC)C(=O)Nc1scc(-c2ccc(Cl)cc2)c1C(=O)O.CC. The van der Waals surface area contributed by atoms with Gasteiger partial charge in [0.15, 0.2) is 0 Å². The van der Waals surface area contributed by atoms with E-state index in [1.165, 1.54) is 6.92 Å². The highest BCUT2D eigenvalue weighted by atomic mass is 35.5. The molecule has 2 N–H and O–H groups in total. The molecule has 1 heterocycles. The van der Waals surface area contributed by atoms with Crippen LogP contribution in [0, 0.1) is 0 Å². The Morgan fingerprint density at radius 3 is 2.36 bits per heavy atom. The molecule has 6 nitrogen and oxygen atoms in total. The van der Waals surface area contributed by atoms with Gasteiger partial charge in [-0.3, -0.25) is 4.79 Å². The van der Waals surface area contributed by atoms with E-state index < -0.39 is 29.4 Å². The molecule has 1 aromatic carbocycles. The van der Waals surface area contributed by atoms with E-state index in [2.05, 4.69) is 16.9 Å². The summed E-state index contributed by atoms with van der Waals surface area (Å²) in [5.74, 6) is -4.67. The number of carbonyl (C=O) groups is 2. The van der Waals surface area contributed by atoms with Crippen molar-refractivity contribution < 1.29 is 28.2 Å². The molecular formula is C23H23ClF2N2O4S. The number of nitrogens with one attached hydrogen (secondary N) is 1. The summed E-state index contributed by atoms with van der Waals surface area (Å²) in [6, 6.07) is 6.53. The molecule has 0 bridgehead atoms. The van der Waals surface area contributed by atoms with Gasteiger partial charge in [-0.05, 0) is 30.7 Å². The molecule has 10 heteroatoms. The number of halogens is 3. The minimum Gasteiger partial charge on any atom is -0.478 e. The monoisotopic (exact) mass is 496 g/mol. The lowest BCUT2D eigenvalue weighted by atomic mass is 10.0. The van der Waals surface area contributed by atoms with Crippen molar-refractivity contribution in [2.24, 2.45) is 4.99 Å². The van der Waals surface area contributed by atoms with Gasteiger partial charge in [-0.2, -0.15) is 0 Å². The second kappa shape index (κ2) is 13.3. The molecule has 176 valence electrons. The maximum atomic E-state index is 13.9.